The summed E-state index contributed by atoms with van der Waals surface area (Å²) in [6, 6.07) is 70.7. The van der Waals surface area contributed by atoms with Gasteiger partial charge in [-0.05, 0) is 139 Å². The number of fused-ring (bicyclic) bond motifs is 4. The number of aromatic nitrogens is 2. The Morgan fingerprint density at radius 2 is 1.15 bits per heavy atom. The highest BCUT2D eigenvalue weighted by molar-refractivity contribution is 6.26. The fourth-order valence-corrected chi connectivity index (χ4v) is 9.99. The molecule has 0 fully saturated rings. The Labute approximate surface area is 355 Å². The van der Waals surface area contributed by atoms with Crippen LogP contribution in [0.4, 0.5) is 17.2 Å². The maximum Gasteiger partial charge on any atom is 0.137 e. The molecule has 61 heavy (non-hydrogen) atoms. The molecule has 11 aromatic rings. The third kappa shape index (κ3) is 5.62. The Morgan fingerprint density at radius 1 is 0.475 bits per heavy atom. The first-order valence-corrected chi connectivity index (χ1v) is 21.1. The zero-order valence-electron chi connectivity index (χ0n) is 34.0. The van der Waals surface area contributed by atoms with Gasteiger partial charge >= 0.3 is 0 Å². The number of anilines is 3. The minimum Gasteiger partial charge on any atom is -0.309 e. The van der Waals surface area contributed by atoms with E-state index < -0.39 is 0 Å². The molecule has 3 nitrogen and oxygen atoms in total. The van der Waals surface area contributed by atoms with E-state index in [1.165, 1.54) is 93.5 Å². The minimum atomic E-state index is -0.169. The topological polar surface area (TPSA) is 21.1 Å². The second kappa shape index (κ2) is 13.7. The van der Waals surface area contributed by atoms with Gasteiger partial charge in [-0.1, -0.05) is 147 Å². The smallest absolute Gasteiger partial charge is 0.137 e. The molecule has 1 aliphatic carbocycles. The van der Waals surface area contributed by atoms with E-state index in [9.17, 15) is 0 Å². The molecular formula is C58H41N3. The van der Waals surface area contributed by atoms with Gasteiger partial charge in [-0.25, -0.2) is 4.98 Å². The quantitative estimate of drug-likeness (QED) is 0.119. The maximum absolute atomic E-state index is 4.74. The van der Waals surface area contributed by atoms with E-state index in [2.05, 4.69) is 217 Å². The third-order valence-corrected chi connectivity index (χ3v) is 13.0. The van der Waals surface area contributed by atoms with E-state index in [0.717, 1.165) is 17.2 Å². The summed E-state index contributed by atoms with van der Waals surface area (Å²) in [4.78, 5) is 6.98. The van der Waals surface area contributed by atoms with Crippen molar-refractivity contribution in [3.63, 3.8) is 0 Å². The van der Waals surface area contributed by atoms with E-state index in [1.54, 1.807) is 0 Å². The summed E-state index contributed by atoms with van der Waals surface area (Å²) < 4.78 is 2.41. The van der Waals surface area contributed by atoms with E-state index >= 15 is 0 Å². The van der Waals surface area contributed by atoms with Crippen LogP contribution in [0.3, 0.4) is 0 Å². The van der Waals surface area contributed by atoms with Crippen LogP contribution in [0.2, 0.25) is 0 Å². The van der Waals surface area contributed by atoms with Crippen molar-refractivity contribution in [3.05, 3.63) is 223 Å². The Kier molecular flexibility index (Phi) is 7.88. The van der Waals surface area contributed by atoms with Gasteiger partial charge in [-0.2, -0.15) is 0 Å². The Hall–Kier alpha value is -7.75. The molecule has 0 aliphatic heterocycles. The first-order valence-electron chi connectivity index (χ1n) is 21.1. The highest BCUT2D eigenvalue weighted by Gasteiger charge is 2.36. The molecule has 0 bridgehead atoms. The van der Waals surface area contributed by atoms with Gasteiger partial charge in [0, 0.05) is 39.4 Å². The van der Waals surface area contributed by atoms with Crippen LogP contribution >= 0.6 is 0 Å². The zero-order chi connectivity index (χ0) is 40.7. The second-order valence-electron chi connectivity index (χ2n) is 16.8. The summed E-state index contributed by atoms with van der Waals surface area (Å²) in [5.41, 5.74) is 15.9. The highest BCUT2D eigenvalue weighted by Crippen LogP contribution is 2.51. The van der Waals surface area contributed by atoms with Crippen molar-refractivity contribution in [1.29, 1.82) is 0 Å². The fourth-order valence-electron chi connectivity index (χ4n) is 9.99. The van der Waals surface area contributed by atoms with Gasteiger partial charge < -0.3 is 4.57 Å². The molecule has 0 spiro atoms. The van der Waals surface area contributed by atoms with Crippen LogP contribution in [0.1, 0.15) is 36.1 Å². The molecule has 0 saturated carbocycles. The summed E-state index contributed by atoms with van der Waals surface area (Å²) >= 11 is 0. The normalized spacial score (nSPS) is 13.1. The van der Waals surface area contributed by atoms with Crippen molar-refractivity contribution in [3.8, 4) is 27.9 Å². The predicted octanol–water partition coefficient (Wildman–Crippen LogP) is 15.5. The lowest BCUT2D eigenvalue weighted by Gasteiger charge is -2.27. The number of hydrogen-bond donors (Lipinski definition) is 0. The molecule has 0 saturated heterocycles. The third-order valence-electron chi connectivity index (χ3n) is 13.0. The van der Waals surface area contributed by atoms with Gasteiger partial charge in [-0.15, -0.1) is 0 Å². The number of pyridine rings is 1. The molecule has 12 rings (SSSR count). The van der Waals surface area contributed by atoms with Gasteiger partial charge in [-0.3, -0.25) is 4.90 Å². The van der Waals surface area contributed by atoms with E-state index in [-0.39, 0.29) is 5.41 Å². The van der Waals surface area contributed by atoms with Crippen molar-refractivity contribution < 1.29 is 0 Å². The molecule has 9 aromatic carbocycles. The van der Waals surface area contributed by atoms with Gasteiger partial charge in [0.1, 0.15) is 5.82 Å². The van der Waals surface area contributed by atoms with Crippen LogP contribution in [0, 0.1) is 0 Å². The first-order chi connectivity index (χ1) is 30.0. The van der Waals surface area contributed by atoms with Crippen molar-refractivity contribution in [2.45, 2.75) is 19.3 Å². The number of rotatable bonds is 7. The van der Waals surface area contributed by atoms with Gasteiger partial charge in [0.05, 0.1) is 11.0 Å². The first kappa shape index (κ1) is 35.2. The highest BCUT2D eigenvalue weighted by atomic mass is 15.2. The number of hydrogen-bond acceptors (Lipinski definition) is 2. The second-order valence-corrected chi connectivity index (χ2v) is 16.8. The average Bonchev–Trinajstić information content (AvgIpc) is 3.77. The lowest BCUT2D eigenvalue weighted by atomic mass is 9.81. The summed E-state index contributed by atoms with van der Waals surface area (Å²) in [5, 5.41) is 7.69. The van der Waals surface area contributed by atoms with E-state index in [1.807, 2.05) is 18.3 Å². The van der Waals surface area contributed by atoms with Crippen LogP contribution in [0.15, 0.2) is 200 Å². The van der Waals surface area contributed by atoms with Crippen molar-refractivity contribution >= 4 is 72.7 Å². The van der Waals surface area contributed by atoms with Crippen LogP contribution in [-0.4, -0.2) is 9.55 Å². The van der Waals surface area contributed by atoms with Crippen LogP contribution in [-0.2, 0) is 5.41 Å². The largest absolute Gasteiger partial charge is 0.309 e. The number of nitrogens with zero attached hydrogens (tertiary/aromatic N) is 3. The van der Waals surface area contributed by atoms with Crippen LogP contribution < -0.4 is 4.90 Å². The van der Waals surface area contributed by atoms with Gasteiger partial charge in [0.2, 0.25) is 0 Å². The number of benzene rings is 9. The molecule has 1 aliphatic rings. The lowest BCUT2D eigenvalue weighted by Crippen LogP contribution is -2.17. The van der Waals surface area contributed by atoms with E-state index in [0.29, 0.717) is 0 Å². The average molecular weight is 780 g/mol. The predicted molar refractivity (Wildman–Crippen MR) is 258 cm³/mol. The summed E-state index contributed by atoms with van der Waals surface area (Å²) in [6.07, 6.45) is 6.36. The molecule has 0 unspecified atom stereocenters. The molecule has 288 valence electrons. The number of para-hydroxylation sites is 2. The van der Waals surface area contributed by atoms with E-state index in [4.69, 9.17) is 4.98 Å². The summed E-state index contributed by atoms with van der Waals surface area (Å²) in [5.74, 6) is 0.898. The SMILES string of the molecule is CC1(C)c2cc(C=Cc3ccc4cc(-c5ccc6c7c5ccc5cccc(c57)n6-c5ccccc5)ccc4c3)ccc2-c2ccc(N(c3ccccc3)c3ccccn3)cc21. The standard InChI is InChI=1S/C58H41N3/c1-58(2)51-35-39(22-28-48(51)49-30-27-46(37-52(49)58)60(44-13-5-3-6-14-44)55-18-9-10-33-59-55)20-19-38-21-23-42-36-43(25-24-41(42)34-38)47-31-32-54-57-50(47)29-26-40-12-11-17-53(56(40)57)61(54)45-15-7-4-8-16-45/h3-37H,1-2H3. The van der Waals surface area contributed by atoms with Crippen LogP contribution in [0.5, 0.6) is 0 Å². The molecule has 2 aromatic heterocycles. The Balaban J connectivity index is 0.846. The molecular weight excluding hydrogens is 739 g/mol. The molecule has 0 N–H and O–H groups in total. The van der Waals surface area contributed by atoms with Crippen molar-refractivity contribution in [2.24, 2.45) is 0 Å². The van der Waals surface area contributed by atoms with Crippen LogP contribution in [0.25, 0.3) is 83.4 Å². The van der Waals surface area contributed by atoms with Gasteiger partial charge in [0.15, 0.2) is 0 Å². The molecule has 0 amide bonds. The molecule has 0 atom stereocenters. The van der Waals surface area contributed by atoms with Crippen molar-refractivity contribution in [2.75, 3.05) is 4.90 Å². The summed E-state index contributed by atoms with van der Waals surface area (Å²) in [6.45, 7) is 4.70. The van der Waals surface area contributed by atoms with Crippen molar-refractivity contribution in [1.82, 2.24) is 9.55 Å². The fraction of sp³-hybridized carbons (Fsp3) is 0.0517. The molecule has 0 radical (unpaired) electrons. The summed E-state index contributed by atoms with van der Waals surface area (Å²) in [7, 11) is 0. The minimum absolute atomic E-state index is 0.169. The lowest BCUT2D eigenvalue weighted by molar-refractivity contribution is 0.660. The zero-order valence-corrected chi connectivity index (χ0v) is 34.0. The monoisotopic (exact) mass is 779 g/mol. The molecule has 3 heteroatoms. The maximum atomic E-state index is 4.74. The Morgan fingerprint density at radius 3 is 1.97 bits per heavy atom. The Bertz CT molecular complexity index is 3450. The van der Waals surface area contributed by atoms with Gasteiger partial charge in [0.25, 0.3) is 0 Å². The molecule has 2 heterocycles.